The van der Waals surface area contributed by atoms with E-state index in [1.807, 2.05) is 81.4 Å². The molecular weight excluding hydrogens is 819 g/mol. The zero-order valence-corrected chi connectivity index (χ0v) is 38.0. The maximum Gasteiger partial charge on any atom is 0.246 e. The Kier molecular flexibility index (Phi) is 15.8. The summed E-state index contributed by atoms with van der Waals surface area (Å²) < 4.78 is 0. The van der Waals surface area contributed by atoms with Crippen molar-refractivity contribution in [1.29, 1.82) is 0 Å². The van der Waals surface area contributed by atoms with E-state index in [-0.39, 0.29) is 61.4 Å². The summed E-state index contributed by atoms with van der Waals surface area (Å²) in [6, 6.07) is 15.0. The summed E-state index contributed by atoms with van der Waals surface area (Å²) >= 11 is 1.58. The molecule has 2 aromatic heterocycles. The Hall–Kier alpha value is -5.61. The molecule has 6 N–H and O–H groups in total. The van der Waals surface area contributed by atoms with Crippen LogP contribution in [0, 0.1) is 12.3 Å². The number of hydrogen-bond donors (Lipinski definition) is 5. The highest BCUT2D eigenvalue weighted by Crippen LogP contribution is 2.33. The van der Waals surface area contributed by atoms with Crippen LogP contribution in [0.1, 0.15) is 96.7 Å². The van der Waals surface area contributed by atoms with Crippen LogP contribution in [0.15, 0.2) is 60.1 Å². The van der Waals surface area contributed by atoms with E-state index in [0.717, 1.165) is 59.5 Å². The molecule has 16 heteroatoms. The number of nitrogens with two attached hydrogens (primary N) is 1. The molecule has 2 unspecified atom stereocenters. The lowest BCUT2D eigenvalue weighted by Gasteiger charge is -2.41. The summed E-state index contributed by atoms with van der Waals surface area (Å²) in [5.74, 6) is -0.385. The SMILES string of the molecule is Cc1ncsc1-c1ccc(CNC(=O)[C@@H]2C[C@@H](O)CN2C(=O)C(NC(=O)CCCCCCCCC(=O)N2CCN(c3cc(-c4ccccc4O)nnc3N)CC2C)C(C)(C)C)cc1. The molecule has 0 spiro atoms. The molecule has 2 aliphatic rings. The van der Waals surface area contributed by atoms with Gasteiger partial charge >= 0.3 is 0 Å². The zero-order chi connectivity index (χ0) is 45.3. The number of amides is 4. The van der Waals surface area contributed by atoms with Crippen LogP contribution in [0.4, 0.5) is 11.5 Å². The van der Waals surface area contributed by atoms with Gasteiger partial charge in [-0.25, -0.2) is 4.98 Å². The number of nitrogen functional groups attached to an aromatic ring is 1. The Morgan fingerprint density at radius 2 is 1.62 bits per heavy atom. The maximum absolute atomic E-state index is 14.0. The van der Waals surface area contributed by atoms with Crippen LogP contribution >= 0.6 is 11.3 Å². The monoisotopic (exact) mass is 881 g/mol. The van der Waals surface area contributed by atoms with Crippen molar-refractivity contribution >= 4 is 46.5 Å². The van der Waals surface area contributed by atoms with Crippen molar-refractivity contribution in [2.45, 2.75) is 123 Å². The predicted molar refractivity (Wildman–Crippen MR) is 246 cm³/mol. The second kappa shape index (κ2) is 21.2. The number of nitrogens with one attached hydrogen (secondary N) is 2. The van der Waals surface area contributed by atoms with Crippen LogP contribution in [0.2, 0.25) is 0 Å². The molecular formula is C47H63N9O6S. The largest absolute Gasteiger partial charge is 0.507 e. The summed E-state index contributed by atoms with van der Waals surface area (Å²) in [6.07, 6.45) is 5.13. The van der Waals surface area contributed by atoms with E-state index in [1.54, 1.807) is 29.5 Å². The molecule has 2 fully saturated rings. The third kappa shape index (κ3) is 12.1. The smallest absolute Gasteiger partial charge is 0.246 e. The number of carbonyl (C=O) groups is 4. The fourth-order valence-corrected chi connectivity index (χ4v) is 9.25. The van der Waals surface area contributed by atoms with Gasteiger partial charge in [0.1, 0.15) is 17.8 Å². The van der Waals surface area contributed by atoms with E-state index in [9.17, 15) is 29.4 Å². The number of unbranched alkanes of at least 4 members (excludes halogenated alkanes) is 5. The van der Waals surface area contributed by atoms with Crippen LogP contribution in [0.3, 0.4) is 0 Å². The summed E-state index contributed by atoms with van der Waals surface area (Å²) in [5.41, 5.74) is 12.2. The summed E-state index contributed by atoms with van der Waals surface area (Å²) in [4.78, 5) is 64.7. The second-order valence-corrected chi connectivity index (χ2v) is 18.8. The van der Waals surface area contributed by atoms with Crippen molar-refractivity contribution in [2.24, 2.45) is 5.41 Å². The van der Waals surface area contributed by atoms with Gasteiger partial charge in [-0.3, -0.25) is 19.2 Å². The first kappa shape index (κ1) is 46.9. The van der Waals surface area contributed by atoms with Crippen LogP contribution in [-0.4, -0.2) is 109 Å². The van der Waals surface area contributed by atoms with Crippen LogP contribution in [0.25, 0.3) is 21.7 Å². The van der Waals surface area contributed by atoms with E-state index in [4.69, 9.17) is 5.73 Å². The fourth-order valence-electron chi connectivity index (χ4n) is 8.44. The molecule has 4 atom stereocenters. The first-order chi connectivity index (χ1) is 30.1. The topological polar surface area (TPSA) is 207 Å². The molecule has 2 saturated heterocycles. The van der Waals surface area contributed by atoms with Crippen molar-refractivity contribution < 1.29 is 29.4 Å². The number of aryl methyl sites for hydroxylation is 1. The summed E-state index contributed by atoms with van der Waals surface area (Å²) in [7, 11) is 0. The van der Waals surface area contributed by atoms with Gasteiger partial charge in [0.25, 0.3) is 0 Å². The highest BCUT2D eigenvalue weighted by Gasteiger charge is 2.44. The number of phenolic OH excluding ortho intramolecular Hbond substituents is 1. The molecule has 63 heavy (non-hydrogen) atoms. The number of hydrogen-bond acceptors (Lipinski definition) is 12. The van der Waals surface area contributed by atoms with E-state index in [0.29, 0.717) is 49.6 Å². The molecule has 2 aromatic carbocycles. The van der Waals surface area contributed by atoms with E-state index in [2.05, 4.69) is 30.7 Å². The van der Waals surface area contributed by atoms with Gasteiger partial charge in [0.2, 0.25) is 23.6 Å². The Labute approximate surface area is 374 Å². The number of benzene rings is 2. The number of carbonyl (C=O) groups excluding carboxylic acids is 4. The third-order valence-corrected chi connectivity index (χ3v) is 13.0. The van der Waals surface area contributed by atoms with Crippen molar-refractivity contribution in [2.75, 3.05) is 36.8 Å². The number of aromatic nitrogens is 3. The highest BCUT2D eigenvalue weighted by molar-refractivity contribution is 7.13. The predicted octanol–water partition coefficient (Wildman–Crippen LogP) is 5.83. The minimum Gasteiger partial charge on any atom is -0.507 e. The van der Waals surface area contributed by atoms with Gasteiger partial charge in [-0.2, -0.15) is 0 Å². The van der Waals surface area contributed by atoms with Gasteiger partial charge in [0.05, 0.1) is 33.6 Å². The second-order valence-electron chi connectivity index (χ2n) is 18.0. The van der Waals surface area contributed by atoms with Gasteiger partial charge in [-0.05, 0) is 61.4 Å². The average Bonchev–Trinajstić information content (AvgIpc) is 3.87. The van der Waals surface area contributed by atoms with E-state index < -0.39 is 23.6 Å². The number of phenols is 1. The maximum atomic E-state index is 14.0. The average molecular weight is 882 g/mol. The van der Waals surface area contributed by atoms with Gasteiger partial charge in [-0.1, -0.05) is 82.9 Å². The minimum absolute atomic E-state index is 0.0196. The van der Waals surface area contributed by atoms with Crippen LogP contribution < -0.4 is 21.3 Å². The summed E-state index contributed by atoms with van der Waals surface area (Å²) in [6.45, 7) is 11.7. The molecule has 0 aliphatic carbocycles. The Morgan fingerprint density at radius 3 is 2.29 bits per heavy atom. The number of nitrogens with zero attached hydrogens (tertiary/aromatic N) is 6. The molecule has 0 radical (unpaired) electrons. The number of aliphatic hydroxyl groups is 1. The van der Waals surface area contributed by atoms with Gasteiger partial charge in [-0.15, -0.1) is 21.5 Å². The highest BCUT2D eigenvalue weighted by atomic mass is 32.1. The Bertz CT molecular complexity index is 2210. The number of para-hydroxylation sites is 1. The van der Waals surface area contributed by atoms with Gasteiger partial charge < -0.3 is 41.3 Å². The number of rotatable bonds is 17. The number of piperazine rings is 1. The van der Waals surface area contributed by atoms with E-state index >= 15 is 0 Å². The van der Waals surface area contributed by atoms with Crippen molar-refractivity contribution in [3.63, 3.8) is 0 Å². The van der Waals surface area contributed by atoms with Crippen molar-refractivity contribution in [3.05, 3.63) is 71.4 Å². The number of β-amino-alcohol motifs (C(OH)–C–C–N with tert-alkyl or cyclic N) is 1. The lowest BCUT2D eigenvalue weighted by Crippen LogP contribution is -2.57. The molecule has 6 rings (SSSR count). The van der Waals surface area contributed by atoms with Gasteiger partial charge in [0.15, 0.2) is 5.82 Å². The number of thiazole rings is 1. The Balaban J connectivity index is 0.883. The quantitative estimate of drug-likeness (QED) is 0.0798. The number of aliphatic hydroxyl groups excluding tert-OH is 1. The molecule has 4 aromatic rings. The van der Waals surface area contributed by atoms with Crippen LogP contribution in [0.5, 0.6) is 5.75 Å². The van der Waals surface area contributed by atoms with E-state index in [1.165, 1.54) is 4.90 Å². The zero-order valence-electron chi connectivity index (χ0n) is 37.2. The molecule has 15 nitrogen and oxygen atoms in total. The molecule has 0 bridgehead atoms. The molecule has 338 valence electrons. The fraction of sp³-hybridized carbons (Fsp3) is 0.511. The lowest BCUT2D eigenvalue weighted by atomic mass is 9.85. The molecule has 0 saturated carbocycles. The standard InChI is InChI=1S/C47H63N9O6S/c1-30-27-54(37-25-36(52-53-44(37)48)35-14-12-13-15-39(35)58)22-23-55(30)41(60)17-11-9-7-6-8-10-16-40(59)51-43(47(3,4)5)46(62)56-28-34(57)24-38(56)45(61)49-26-32-18-20-33(21-19-32)42-31(2)50-29-63-42/h12-15,18-21,25,29-30,34,38,43,57-58H,6-11,16-17,22-24,26-28H2,1-5H3,(H2,48,53)(H,49,61)(H,51,59)/t30?,34-,38+,43?/m1/s1. The third-order valence-electron chi connectivity index (χ3n) is 12.0. The first-order valence-corrected chi connectivity index (χ1v) is 23.0. The Morgan fingerprint density at radius 1 is 0.921 bits per heavy atom. The number of anilines is 2. The van der Waals surface area contributed by atoms with Crippen molar-refractivity contribution in [1.82, 2.24) is 35.6 Å². The number of likely N-dealkylation sites (tertiary alicyclic amines) is 1. The molecule has 4 heterocycles. The first-order valence-electron chi connectivity index (χ1n) is 22.1. The summed E-state index contributed by atoms with van der Waals surface area (Å²) in [5, 5.41) is 35.1. The van der Waals surface area contributed by atoms with Gasteiger partial charge in [0, 0.05) is 63.6 Å². The lowest BCUT2D eigenvalue weighted by molar-refractivity contribution is -0.144. The normalized spacial score (nSPS) is 18.3. The molecule has 4 amide bonds. The minimum atomic E-state index is -0.870. The number of aromatic hydroxyl groups is 1. The molecule has 2 aliphatic heterocycles. The van der Waals surface area contributed by atoms with Crippen molar-refractivity contribution in [3.8, 4) is 27.4 Å². The van der Waals surface area contributed by atoms with Crippen LogP contribution in [-0.2, 0) is 25.7 Å².